The number of primary amides is 1. The van der Waals surface area contributed by atoms with Gasteiger partial charge in [0.2, 0.25) is 5.91 Å². The molecule has 4 nitrogen and oxygen atoms in total. The predicted octanol–water partition coefficient (Wildman–Crippen LogP) is -1.15. The molecule has 0 aromatic carbocycles. The third-order valence-corrected chi connectivity index (χ3v) is 1.49. The lowest BCUT2D eigenvalue weighted by molar-refractivity contribution is -0.122. The molecule has 0 spiro atoms. The Morgan fingerprint density at radius 2 is 2.50 bits per heavy atom. The van der Waals surface area contributed by atoms with Crippen molar-refractivity contribution < 1.29 is 9.53 Å². The first kappa shape index (κ1) is 7.50. The Labute approximate surface area is 59.7 Å². The fourth-order valence-corrected chi connectivity index (χ4v) is 0.792. The normalized spacial score (nSPS) is 23.8. The number of carbonyl (C=O) groups excluding carboxylic acids is 1. The second-order valence-corrected chi connectivity index (χ2v) is 2.42. The van der Waals surface area contributed by atoms with Crippen LogP contribution in [0.25, 0.3) is 0 Å². The van der Waals surface area contributed by atoms with Gasteiger partial charge in [-0.15, -0.1) is 0 Å². The van der Waals surface area contributed by atoms with Crippen molar-refractivity contribution in [1.29, 1.82) is 0 Å². The van der Waals surface area contributed by atoms with Crippen molar-refractivity contribution in [3.8, 4) is 0 Å². The monoisotopic (exact) mass is 144 g/mol. The van der Waals surface area contributed by atoms with E-state index in [1.54, 1.807) is 0 Å². The number of rotatable bonds is 4. The van der Waals surface area contributed by atoms with Crippen molar-refractivity contribution in [2.45, 2.75) is 12.5 Å². The van der Waals surface area contributed by atoms with Crippen molar-refractivity contribution in [3.05, 3.63) is 0 Å². The molecule has 0 aliphatic carbocycles. The molecule has 0 bridgehead atoms. The van der Waals surface area contributed by atoms with Gasteiger partial charge in [-0.1, -0.05) is 0 Å². The molecule has 0 radical (unpaired) electrons. The smallest absolute Gasteiger partial charge is 0.243 e. The van der Waals surface area contributed by atoms with Gasteiger partial charge in [0.1, 0.15) is 6.61 Å². The minimum absolute atomic E-state index is 0.0399. The number of amides is 1. The topological polar surface area (TPSA) is 64.4 Å². The Morgan fingerprint density at radius 1 is 1.80 bits per heavy atom. The van der Waals surface area contributed by atoms with E-state index in [0.717, 1.165) is 13.0 Å². The lowest BCUT2D eigenvalue weighted by atomic mass is 10.1. The summed E-state index contributed by atoms with van der Waals surface area (Å²) in [4.78, 5) is 10.2. The standard InChI is InChI=1S/C6H12N2O2/c7-6(9)4-10-3-5-1-2-8-5/h5,8H,1-4H2,(H2,7,9). The van der Waals surface area contributed by atoms with Crippen LogP contribution in [0.2, 0.25) is 0 Å². The number of nitrogens with one attached hydrogen (secondary N) is 1. The summed E-state index contributed by atoms with van der Waals surface area (Å²) in [5.41, 5.74) is 4.85. The Bertz CT molecular complexity index is 123. The van der Waals surface area contributed by atoms with Crippen LogP contribution in [0.3, 0.4) is 0 Å². The first-order valence-corrected chi connectivity index (χ1v) is 3.38. The van der Waals surface area contributed by atoms with Gasteiger partial charge in [0.05, 0.1) is 6.61 Å². The molecule has 10 heavy (non-hydrogen) atoms. The Hall–Kier alpha value is -0.610. The average molecular weight is 144 g/mol. The van der Waals surface area contributed by atoms with E-state index in [1.807, 2.05) is 0 Å². The van der Waals surface area contributed by atoms with Gasteiger partial charge in [-0.2, -0.15) is 0 Å². The van der Waals surface area contributed by atoms with Crippen LogP contribution >= 0.6 is 0 Å². The molecule has 1 aliphatic rings. The van der Waals surface area contributed by atoms with Gasteiger partial charge in [-0.05, 0) is 13.0 Å². The van der Waals surface area contributed by atoms with E-state index >= 15 is 0 Å². The van der Waals surface area contributed by atoms with E-state index in [0.29, 0.717) is 12.6 Å². The molecule has 1 unspecified atom stereocenters. The highest BCUT2D eigenvalue weighted by molar-refractivity contribution is 5.74. The van der Waals surface area contributed by atoms with Crippen molar-refractivity contribution >= 4 is 5.91 Å². The van der Waals surface area contributed by atoms with Crippen molar-refractivity contribution in [1.82, 2.24) is 5.32 Å². The second kappa shape index (κ2) is 3.53. The third-order valence-electron chi connectivity index (χ3n) is 1.49. The summed E-state index contributed by atoms with van der Waals surface area (Å²) < 4.78 is 4.96. The van der Waals surface area contributed by atoms with E-state index in [-0.39, 0.29) is 6.61 Å². The fraction of sp³-hybridized carbons (Fsp3) is 0.833. The SMILES string of the molecule is NC(=O)COCC1CCN1. The molecule has 1 rings (SSSR count). The summed E-state index contributed by atoms with van der Waals surface area (Å²) in [5, 5.41) is 3.14. The zero-order valence-electron chi connectivity index (χ0n) is 5.80. The first-order chi connectivity index (χ1) is 4.79. The van der Waals surface area contributed by atoms with E-state index in [4.69, 9.17) is 10.5 Å². The summed E-state index contributed by atoms with van der Waals surface area (Å²) in [6.07, 6.45) is 1.14. The van der Waals surface area contributed by atoms with Gasteiger partial charge >= 0.3 is 0 Å². The predicted molar refractivity (Wildman–Crippen MR) is 36.4 cm³/mol. The number of carbonyl (C=O) groups is 1. The molecule has 3 N–H and O–H groups in total. The minimum Gasteiger partial charge on any atom is -0.370 e. The summed E-state index contributed by atoms with van der Waals surface area (Å²) in [5.74, 6) is -0.403. The van der Waals surface area contributed by atoms with Crippen LogP contribution in [0.5, 0.6) is 0 Å². The number of ether oxygens (including phenoxy) is 1. The second-order valence-electron chi connectivity index (χ2n) is 2.42. The Balaban J connectivity index is 1.89. The summed E-state index contributed by atoms with van der Waals surface area (Å²) in [7, 11) is 0. The van der Waals surface area contributed by atoms with Crippen LogP contribution in [0.15, 0.2) is 0 Å². The van der Waals surface area contributed by atoms with Gasteiger partial charge in [0.15, 0.2) is 0 Å². The van der Waals surface area contributed by atoms with E-state index < -0.39 is 5.91 Å². The molecular weight excluding hydrogens is 132 g/mol. The fourth-order valence-electron chi connectivity index (χ4n) is 0.792. The lowest BCUT2D eigenvalue weighted by Crippen LogP contribution is -2.46. The molecule has 1 amide bonds. The van der Waals surface area contributed by atoms with E-state index in [9.17, 15) is 4.79 Å². The Kier molecular flexibility index (Phi) is 2.65. The van der Waals surface area contributed by atoms with Gasteiger partial charge in [0.25, 0.3) is 0 Å². The molecule has 58 valence electrons. The molecule has 0 aromatic rings. The third kappa shape index (κ3) is 2.33. The maximum absolute atomic E-state index is 10.2. The largest absolute Gasteiger partial charge is 0.370 e. The molecule has 0 aromatic heterocycles. The quantitative estimate of drug-likeness (QED) is 0.523. The Morgan fingerprint density at radius 3 is 2.90 bits per heavy atom. The van der Waals surface area contributed by atoms with Crippen molar-refractivity contribution in [2.75, 3.05) is 19.8 Å². The molecule has 1 saturated heterocycles. The minimum atomic E-state index is -0.403. The average Bonchev–Trinajstić information content (AvgIpc) is 1.75. The maximum atomic E-state index is 10.2. The highest BCUT2D eigenvalue weighted by Crippen LogP contribution is 2.00. The molecule has 1 fully saturated rings. The highest BCUT2D eigenvalue weighted by atomic mass is 16.5. The van der Waals surface area contributed by atoms with E-state index in [2.05, 4.69) is 5.32 Å². The molecular formula is C6H12N2O2. The van der Waals surface area contributed by atoms with E-state index in [1.165, 1.54) is 0 Å². The van der Waals surface area contributed by atoms with Crippen LogP contribution in [-0.2, 0) is 9.53 Å². The van der Waals surface area contributed by atoms with Crippen molar-refractivity contribution in [3.63, 3.8) is 0 Å². The van der Waals surface area contributed by atoms with Crippen LogP contribution in [0.4, 0.5) is 0 Å². The lowest BCUT2D eigenvalue weighted by Gasteiger charge is -2.26. The van der Waals surface area contributed by atoms with Gasteiger partial charge in [0, 0.05) is 6.04 Å². The van der Waals surface area contributed by atoms with Gasteiger partial charge in [-0.3, -0.25) is 4.79 Å². The van der Waals surface area contributed by atoms with Crippen molar-refractivity contribution in [2.24, 2.45) is 5.73 Å². The van der Waals surface area contributed by atoms with Crippen LogP contribution in [-0.4, -0.2) is 31.7 Å². The van der Waals surface area contributed by atoms with Gasteiger partial charge < -0.3 is 15.8 Å². The molecule has 1 heterocycles. The number of nitrogens with two attached hydrogens (primary N) is 1. The van der Waals surface area contributed by atoms with Crippen LogP contribution in [0, 0.1) is 0 Å². The first-order valence-electron chi connectivity index (χ1n) is 3.38. The highest BCUT2D eigenvalue weighted by Gasteiger charge is 2.15. The van der Waals surface area contributed by atoms with Gasteiger partial charge in [-0.25, -0.2) is 0 Å². The summed E-state index contributed by atoms with van der Waals surface area (Å²) in [6.45, 7) is 1.70. The zero-order valence-corrected chi connectivity index (χ0v) is 5.80. The maximum Gasteiger partial charge on any atom is 0.243 e. The molecule has 1 atom stereocenters. The number of hydrogen-bond donors (Lipinski definition) is 2. The molecule has 1 aliphatic heterocycles. The zero-order chi connectivity index (χ0) is 7.40. The molecule has 0 saturated carbocycles. The molecule has 4 heteroatoms. The van der Waals surface area contributed by atoms with Crippen LogP contribution < -0.4 is 11.1 Å². The van der Waals surface area contributed by atoms with Crippen LogP contribution in [0.1, 0.15) is 6.42 Å². The number of hydrogen-bond acceptors (Lipinski definition) is 3. The summed E-state index contributed by atoms with van der Waals surface area (Å²) >= 11 is 0. The summed E-state index contributed by atoms with van der Waals surface area (Å²) in [6, 6.07) is 0.444.